The van der Waals surface area contributed by atoms with E-state index in [9.17, 15) is 0 Å². The minimum absolute atomic E-state index is 0. The van der Waals surface area contributed by atoms with E-state index in [2.05, 4.69) is 66.2 Å². The fourth-order valence-corrected chi connectivity index (χ4v) is 5.81. The van der Waals surface area contributed by atoms with Gasteiger partial charge in [0.2, 0.25) is 0 Å². The zero-order valence-electron chi connectivity index (χ0n) is 36.1. The van der Waals surface area contributed by atoms with Gasteiger partial charge in [-0.05, 0) is 0 Å². The van der Waals surface area contributed by atoms with Crippen LogP contribution in [-0.4, -0.2) is 212 Å². The zero-order chi connectivity index (χ0) is 39.0. The monoisotopic (exact) mass is 885 g/mol. The third-order valence-corrected chi connectivity index (χ3v) is 12.3. The Bertz CT molecular complexity index is 246. The molecule has 0 fully saturated rings. The van der Waals surface area contributed by atoms with Crippen molar-refractivity contribution in [1.29, 1.82) is 0 Å². The minimum atomic E-state index is -0.142. The second kappa shape index (κ2) is 159. The molecule has 0 saturated carbocycles. The molecule has 0 aliphatic carbocycles. The summed E-state index contributed by atoms with van der Waals surface area (Å²) in [6.45, 7) is 18.7. The molecule has 0 rings (SSSR count). The van der Waals surface area contributed by atoms with E-state index in [1.165, 1.54) is 6.38 Å². The van der Waals surface area contributed by atoms with E-state index in [0.717, 1.165) is 24.1 Å². The van der Waals surface area contributed by atoms with Gasteiger partial charge in [-0.3, -0.25) is 0 Å². The van der Waals surface area contributed by atoms with E-state index in [1.807, 2.05) is 61.6 Å². The van der Waals surface area contributed by atoms with Crippen molar-refractivity contribution in [2.75, 3.05) is 6.38 Å². The van der Waals surface area contributed by atoms with Crippen LogP contribution in [0.2, 0.25) is 101 Å². The van der Waals surface area contributed by atoms with E-state index in [-0.39, 0.29) is 151 Å². The Balaban J connectivity index is -0.0000000257. The Morgan fingerprint density at radius 2 is 0.625 bits per heavy atom. The van der Waals surface area contributed by atoms with Crippen molar-refractivity contribution in [3.8, 4) is 0 Å². The van der Waals surface area contributed by atoms with Crippen LogP contribution < -0.4 is 0 Å². The Labute approximate surface area is 389 Å². The second-order valence-corrected chi connectivity index (χ2v) is 15.4. The maximum atomic E-state index is 7.44. The maximum Gasteiger partial charge on any atom is 0.416 e. The average molecular weight is 886 g/mol. The van der Waals surface area contributed by atoms with Gasteiger partial charge >= 0.3 is 141 Å². The molecule has 1 N–H and O–H groups in total. The fourth-order valence-electron chi connectivity index (χ4n) is 1.21. The smallest absolute Gasteiger partial charge is 0.416 e. The number of hydrogen-bond donors (Lipinski definition) is 1. The molecule has 0 aliphatic heterocycles. The molecule has 266 valence electrons. The van der Waals surface area contributed by atoms with Crippen LogP contribution in [0.5, 0.6) is 0 Å². The van der Waals surface area contributed by atoms with Crippen molar-refractivity contribution in [2.45, 2.75) is 115 Å². The third-order valence-electron chi connectivity index (χ3n) is 2.66. The van der Waals surface area contributed by atoms with Crippen molar-refractivity contribution in [1.82, 2.24) is 0 Å². The normalized spacial score (nSPS) is 6.02. The molecular weight excluding hydrogens is 814 g/mol. The van der Waals surface area contributed by atoms with Gasteiger partial charge < -0.3 is 41.2 Å². The predicted octanol–water partition coefficient (Wildman–Crippen LogP) is 1.41. The van der Waals surface area contributed by atoms with Crippen LogP contribution in [0.25, 0.3) is 0 Å². The fraction of sp³-hybridized carbons (Fsp3) is 0.950. The Morgan fingerprint density at radius 3 is 0.625 bits per heavy atom. The Morgan fingerprint density at radius 1 is 0.458 bits per heavy atom. The summed E-state index contributed by atoms with van der Waals surface area (Å²) in [6.07, 6.45) is 1.47. The minimum Gasteiger partial charge on any atom is -0.642 e. The molecule has 0 atom stereocenters. The van der Waals surface area contributed by atoms with Gasteiger partial charge in [0.25, 0.3) is 59.9 Å². The molecule has 0 heterocycles. The molecule has 0 saturated heterocycles. The zero-order valence-corrected chi connectivity index (χ0v) is 53.1. The van der Waals surface area contributed by atoms with Crippen LogP contribution in [0.3, 0.4) is 0 Å². The summed E-state index contributed by atoms with van der Waals surface area (Å²) in [5, 5.41) is 7.44. The summed E-state index contributed by atoms with van der Waals surface area (Å²) in [7, 11) is 12.9. The molecule has 9 nitrogen and oxygen atoms in total. The van der Waals surface area contributed by atoms with E-state index in [1.54, 1.807) is 59.2 Å². The van der Waals surface area contributed by atoms with Crippen LogP contribution in [0, 0.1) is 7.43 Å². The number of rotatable bonds is 15. The standard InChI is InChI=1S/C2H6B2O.C2H6.CH4BO.5CH3BO.CH3Cl.9CH3.9Al.2O.Zn.10H/c1-3-5-4-2;1-2;6*1-2-3;1-2;;;;;;;;;;;;;;;;;;;;;;;;;;;;;;;/h1-2H3;1-2H3;3H,1H3;5*1H3;1H3;9*1H3;;;;;;;;;;;;;;;;;;;;;;/q;;;5*-1;;;;;;;;;;-1;;;;;5*+1;;;;;;;;;;;;;. The molecule has 0 aromatic carbocycles. The summed E-state index contributed by atoms with van der Waals surface area (Å²) in [5.74, 6) is 17.0. The first kappa shape index (κ1) is 90.1. The summed E-state index contributed by atoms with van der Waals surface area (Å²) in [4.78, 5) is 0. The van der Waals surface area contributed by atoms with Gasteiger partial charge in [0.05, 0.1) is 0 Å². The van der Waals surface area contributed by atoms with Gasteiger partial charge in [0, 0.05) is 25.9 Å². The molecule has 0 aromatic heterocycles. The Kier molecular flexibility index (Phi) is 299. The first-order valence-electron chi connectivity index (χ1n) is 16.3. The third kappa shape index (κ3) is 308. The molecule has 0 amide bonds. The average Bonchev–Trinajstić information content (AvgIpc) is 3.08. The van der Waals surface area contributed by atoms with E-state index in [0.29, 0.717) is 0 Å². The molecule has 0 unspecified atom stereocenters. The second-order valence-electron chi connectivity index (χ2n) is 5.66. The predicted molar refractivity (Wildman–Crippen MR) is 246 cm³/mol. The van der Waals surface area contributed by atoms with Gasteiger partial charge in [0.1, 0.15) is 0 Å². The van der Waals surface area contributed by atoms with Crippen LogP contribution >= 0.6 is 11.6 Å². The van der Waals surface area contributed by atoms with Crippen LogP contribution in [-0.2, 0) is 48.3 Å². The molecule has 0 aromatic rings. The quantitative estimate of drug-likeness (QED) is 0.149. The topological polar surface area (TPSA) is 94.1 Å². The largest absolute Gasteiger partial charge is 0.642 e. The Hall–Kier alpha value is 5.87. The van der Waals surface area contributed by atoms with Crippen molar-refractivity contribution in [3.05, 3.63) is 7.43 Å². The van der Waals surface area contributed by atoms with Gasteiger partial charge in [-0.1, -0.05) is 115 Å². The summed E-state index contributed by atoms with van der Waals surface area (Å²) >= 11 is 4.81. The van der Waals surface area contributed by atoms with Crippen LogP contribution in [0.1, 0.15) is 13.8 Å². The van der Waals surface area contributed by atoms with Gasteiger partial charge in [-0.15, -0.1) is 11.6 Å². The van der Waals surface area contributed by atoms with Crippen molar-refractivity contribution >= 4 is 213 Å². The molecule has 0 bridgehead atoms. The van der Waals surface area contributed by atoms with Crippen molar-refractivity contribution in [2.24, 2.45) is 0 Å². The summed E-state index contributed by atoms with van der Waals surface area (Å²) < 4.78 is 38.8. The molecule has 0 spiro atoms. The van der Waals surface area contributed by atoms with Gasteiger partial charge in [-0.25, -0.2) is 0 Å². The number of alkyl halides is 1. The van der Waals surface area contributed by atoms with Crippen LogP contribution in [0.4, 0.5) is 0 Å². The SMILES string of the molecule is CC.CCl.C[B]O.C[B]O[B]C.C[B][O][AlH2].C[B][O][AlH][CH3].C[B][O][AlH][CH3].C[B][O][AlH][CH3].C[B][O][AlH][CH3].[CH3-].[CH3][AlH][O][AlH][CH3].[CH3][AlH][O][AlH][CH3].[Zn]. The first-order valence-corrected chi connectivity index (χ1v) is 33.8. The van der Waals surface area contributed by atoms with E-state index < -0.39 is 0 Å². The van der Waals surface area contributed by atoms with Gasteiger partial charge in [-0.2, -0.15) is 0 Å². The van der Waals surface area contributed by atoms with E-state index in [4.69, 9.17) is 25.5 Å². The molecule has 48 heavy (non-hydrogen) atoms. The number of hydrogen-bond acceptors (Lipinski definition) is 9. The van der Waals surface area contributed by atoms with E-state index >= 15 is 0 Å². The molecule has 8 radical (unpaired) electrons. The van der Waals surface area contributed by atoms with Crippen molar-refractivity contribution in [3.63, 3.8) is 0 Å². The summed E-state index contributed by atoms with van der Waals surface area (Å²) in [6, 6.07) is 0. The van der Waals surface area contributed by atoms with Gasteiger partial charge in [0.15, 0.2) is 0 Å². The molecular formula is C20H71Al9B8ClO9Zn-. The maximum absolute atomic E-state index is 7.44. The molecule has 0 aliphatic rings. The summed E-state index contributed by atoms with van der Waals surface area (Å²) in [5.41, 5.74) is 0. The number of halogens is 1. The molecule has 28 heteroatoms. The van der Waals surface area contributed by atoms with Crippen LogP contribution in [0.15, 0.2) is 0 Å². The van der Waals surface area contributed by atoms with Crippen molar-refractivity contribution < 1.29 is 53.3 Å². The first-order chi connectivity index (χ1) is 22.2.